The molecule has 0 aliphatic rings. The molecule has 0 atom stereocenters. The van der Waals surface area contributed by atoms with Gasteiger partial charge in [-0.3, -0.25) is 0 Å². The summed E-state index contributed by atoms with van der Waals surface area (Å²) >= 11 is 3.05. The molecule has 3 N–H and O–H groups in total. The molecule has 0 heterocycles. The molecule has 1 radical (unpaired) electrons. The molecule has 4 aromatic carbocycles. The van der Waals surface area contributed by atoms with Gasteiger partial charge in [-0.25, -0.2) is 26.3 Å². The maximum Gasteiger partial charge on any atom is 0.569 e. The minimum atomic E-state index is -1.01. The summed E-state index contributed by atoms with van der Waals surface area (Å²) in [5.41, 5.74) is 0.715. The van der Waals surface area contributed by atoms with Gasteiger partial charge in [0.1, 0.15) is 5.75 Å². The Morgan fingerprint density at radius 3 is 1.50 bits per heavy atom. The Bertz CT molecular complexity index is 1280. The average Bonchev–Trinajstić information content (AvgIpc) is 2.83. The Labute approximate surface area is 210 Å². The van der Waals surface area contributed by atoms with Crippen LogP contribution in [0.1, 0.15) is 0 Å². The highest BCUT2D eigenvalue weighted by Crippen LogP contribution is 2.26. The van der Waals surface area contributed by atoms with E-state index >= 15 is 0 Å². The Balaban J connectivity index is 0.000000200. The largest absolute Gasteiger partial charge is 0.569 e. The average molecular weight is 572 g/mol. The van der Waals surface area contributed by atoms with Crippen molar-refractivity contribution < 1.29 is 46.2 Å². The Morgan fingerprint density at radius 1 is 0.556 bits per heavy atom. The summed E-state index contributed by atoms with van der Waals surface area (Å²) in [6, 6.07) is 13.9. The topological polar surface area (TPSA) is 69.9 Å². The zero-order valence-electron chi connectivity index (χ0n) is 17.9. The van der Waals surface area contributed by atoms with Gasteiger partial charge in [-0.05, 0) is 65.7 Å². The molecule has 0 saturated heterocycles. The van der Waals surface area contributed by atoms with E-state index in [1.165, 1.54) is 30.3 Å². The summed E-state index contributed by atoms with van der Waals surface area (Å²) < 4.78 is 80.5. The third-order valence-corrected chi connectivity index (χ3v) is 4.68. The van der Waals surface area contributed by atoms with E-state index < -0.39 is 40.7 Å². The first kappa shape index (κ1) is 28.6. The zero-order valence-corrected chi connectivity index (χ0v) is 19.5. The maximum absolute atomic E-state index is 13.0. The predicted octanol–water partition coefficient (Wildman–Crippen LogP) is 6.64. The smallest absolute Gasteiger partial charge is 0.537 e. The van der Waals surface area contributed by atoms with Crippen LogP contribution < -0.4 is 4.65 Å². The monoisotopic (exact) mass is 571 g/mol. The van der Waals surface area contributed by atoms with Crippen LogP contribution in [0.2, 0.25) is 0 Å². The number of phenols is 2. The van der Waals surface area contributed by atoms with Crippen molar-refractivity contribution in [1.82, 2.24) is 0 Å². The van der Waals surface area contributed by atoms with E-state index in [1.807, 2.05) is 0 Å². The second kappa shape index (κ2) is 13.5. The van der Waals surface area contributed by atoms with Crippen molar-refractivity contribution in [3.8, 4) is 28.4 Å². The normalized spacial score (nSPS) is 9.89. The highest BCUT2D eigenvalue weighted by atomic mass is 79.9. The number of hydrogen-bond donors (Lipinski definition) is 3. The van der Waals surface area contributed by atoms with Gasteiger partial charge in [0.05, 0.1) is 0 Å². The molecule has 4 aromatic rings. The van der Waals surface area contributed by atoms with Gasteiger partial charge in [0, 0.05) is 10.5 Å². The molecule has 36 heavy (non-hydrogen) atoms. The van der Waals surface area contributed by atoms with Gasteiger partial charge in [-0.1, -0.05) is 28.1 Å². The summed E-state index contributed by atoms with van der Waals surface area (Å²) in [5.74, 6) is -6.07. The standard InChI is InChI=1S/C12H7F3O.C6H4BF2O2.C6H4BrFO/c13-9-3-1-7(5-10(9)14)8-2-4-12(16)11(15)6-8;8-5-2-1-4(11-7-10)3-6(5)9;7-4-1-2-6(9)5(8)3-4/h1-6,16H;1-3,10H;1-3,9H. The number of hydrogen-bond acceptors (Lipinski definition) is 4. The van der Waals surface area contributed by atoms with E-state index in [9.17, 15) is 26.3 Å². The molecule has 4 rings (SSSR count). The zero-order chi connectivity index (χ0) is 26.8. The van der Waals surface area contributed by atoms with Gasteiger partial charge < -0.3 is 19.9 Å². The molecular formula is C24H15BBrF6O4. The van der Waals surface area contributed by atoms with E-state index in [2.05, 4.69) is 20.6 Å². The Morgan fingerprint density at radius 2 is 1.03 bits per heavy atom. The van der Waals surface area contributed by atoms with Crippen LogP contribution in [-0.4, -0.2) is 22.9 Å². The fourth-order valence-electron chi connectivity index (χ4n) is 2.45. The third-order valence-electron chi connectivity index (χ3n) is 4.19. The van der Waals surface area contributed by atoms with Crippen LogP contribution in [-0.2, 0) is 0 Å². The van der Waals surface area contributed by atoms with Gasteiger partial charge >= 0.3 is 7.69 Å². The molecule has 12 heteroatoms. The minimum absolute atomic E-state index is 0.0476. The first-order valence-corrected chi connectivity index (χ1v) is 10.5. The molecule has 0 aliphatic carbocycles. The summed E-state index contributed by atoms with van der Waals surface area (Å²) in [6.07, 6.45) is 0. The van der Waals surface area contributed by atoms with Gasteiger partial charge in [-0.15, -0.1) is 0 Å². The van der Waals surface area contributed by atoms with Crippen molar-refractivity contribution in [2.75, 3.05) is 0 Å². The van der Waals surface area contributed by atoms with Crippen LogP contribution in [0, 0.1) is 34.9 Å². The molecular weight excluding hydrogens is 557 g/mol. The van der Waals surface area contributed by atoms with Crippen LogP contribution in [0.15, 0.2) is 77.3 Å². The van der Waals surface area contributed by atoms with Crippen molar-refractivity contribution >= 4 is 23.6 Å². The number of aromatic hydroxyl groups is 2. The molecule has 0 aliphatic heterocycles. The van der Waals surface area contributed by atoms with Gasteiger partial charge in [0.2, 0.25) is 0 Å². The van der Waals surface area contributed by atoms with E-state index in [1.54, 1.807) is 6.07 Å². The van der Waals surface area contributed by atoms with Gasteiger partial charge in [0.15, 0.2) is 46.4 Å². The first-order valence-electron chi connectivity index (χ1n) is 9.67. The molecule has 187 valence electrons. The van der Waals surface area contributed by atoms with E-state index in [-0.39, 0.29) is 11.5 Å². The molecule has 0 bridgehead atoms. The van der Waals surface area contributed by atoms with Gasteiger partial charge in [0.25, 0.3) is 0 Å². The SMILES string of the molecule is O[B]Oc1ccc(F)c(F)c1.Oc1ccc(-c2ccc(F)c(F)c2)cc1F.Oc1ccc(Br)cc1F. The predicted molar refractivity (Wildman–Crippen MR) is 124 cm³/mol. The second-order valence-corrected chi connectivity index (χ2v) is 7.61. The van der Waals surface area contributed by atoms with Crippen LogP contribution in [0.3, 0.4) is 0 Å². The lowest BCUT2D eigenvalue weighted by Crippen LogP contribution is -2.00. The van der Waals surface area contributed by atoms with E-state index in [0.29, 0.717) is 23.3 Å². The number of phenolic OH excluding ortho intramolecular Hbond substituents is 2. The van der Waals surface area contributed by atoms with Crippen molar-refractivity contribution in [3.05, 3.63) is 112 Å². The Kier molecular flexibility index (Phi) is 10.7. The van der Waals surface area contributed by atoms with Crippen LogP contribution >= 0.6 is 15.9 Å². The summed E-state index contributed by atoms with van der Waals surface area (Å²) in [7, 11) is 0.396. The van der Waals surface area contributed by atoms with Crippen molar-refractivity contribution in [3.63, 3.8) is 0 Å². The first-order chi connectivity index (χ1) is 17.0. The van der Waals surface area contributed by atoms with Crippen molar-refractivity contribution in [2.24, 2.45) is 0 Å². The quantitative estimate of drug-likeness (QED) is 0.190. The lowest BCUT2D eigenvalue weighted by atomic mass is 10.1. The fourth-order valence-corrected chi connectivity index (χ4v) is 2.79. The summed E-state index contributed by atoms with van der Waals surface area (Å²) in [5, 5.41) is 25.7. The molecule has 0 saturated carbocycles. The number of benzene rings is 4. The molecule has 0 amide bonds. The molecule has 0 spiro atoms. The van der Waals surface area contributed by atoms with Crippen molar-refractivity contribution in [1.29, 1.82) is 0 Å². The van der Waals surface area contributed by atoms with E-state index in [0.717, 1.165) is 36.4 Å². The number of rotatable bonds is 3. The maximum atomic E-state index is 13.0. The summed E-state index contributed by atoms with van der Waals surface area (Å²) in [6.45, 7) is 0. The number of halogens is 7. The summed E-state index contributed by atoms with van der Waals surface area (Å²) in [4.78, 5) is 0. The molecule has 0 unspecified atom stereocenters. The minimum Gasteiger partial charge on any atom is -0.537 e. The molecule has 4 nitrogen and oxygen atoms in total. The van der Waals surface area contributed by atoms with E-state index in [4.69, 9.17) is 15.2 Å². The van der Waals surface area contributed by atoms with Crippen LogP contribution in [0.5, 0.6) is 17.2 Å². The highest BCUT2D eigenvalue weighted by Gasteiger charge is 2.07. The fraction of sp³-hybridized carbons (Fsp3) is 0. The van der Waals surface area contributed by atoms with Crippen LogP contribution in [0.4, 0.5) is 26.3 Å². The Hall–Kier alpha value is -3.64. The highest BCUT2D eigenvalue weighted by molar-refractivity contribution is 9.10. The van der Waals surface area contributed by atoms with Crippen LogP contribution in [0.25, 0.3) is 11.1 Å². The lowest BCUT2D eigenvalue weighted by Gasteiger charge is -2.03. The lowest BCUT2D eigenvalue weighted by molar-refractivity contribution is 0.432. The second-order valence-electron chi connectivity index (χ2n) is 6.69. The van der Waals surface area contributed by atoms with Gasteiger partial charge in [-0.2, -0.15) is 0 Å². The molecule has 0 aromatic heterocycles. The molecule has 0 fully saturated rings. The third kappa shape index (κ3) is 8.54. The van der Waals surface area contributed by atoms with Crippen molar-refractivity contribution in [2.45, 2.75) is 0 Å².